The lowest BCUT2D eigenvalue weighted by molar-refractivity contribution is 0.474. The van der Waals surface area contributed by atoms with Crippen LogP contribution in [0, 0.1) is 0 Å². The van der Waals surface area contributed by atoms with E-state index in [2.05, 4.69) is 15.9 Å². The summed E-state index contributed by atoms with van der Waals surface area (Å²) in [6.07, 6.45) is 0.759. The Morgan fingerprint density at radius 1 is 1.26 bits per heavy atom. The van der Waals surface area contributed by atoms with Crippen molar-refractivity contribution in [2.24, 2.45) is 5.73 Å². The lowest BCUT2D eigenvalue weighted by Crippen LogP contribution is -2.18. The van der Waals surface area contributed by atoms with E-state index >= 15 is 0 Å². The van der Waals surface area contributed by atoms with Crippen LogP contribution in [-0.2, 0) is 6.42 Å². The third kappa shape index (κ3) is 4.23. The Kier molecular flexibility index (Phi) is 4.86. The minimum Gasteiger partial charge on any atom is -0.457 e. The number of halogens is 2. The summed E-state index contributed by atoms with van der Waals surface area (Å²) >= 11 is 9.42. The van der Waals surface area contributed by atoms with E-state index in [4.69, 9.17) is 22.1 Å². The van der Waals surface area contributed by atoms with Crippen molar-refractivity contribution >= 4 is 27.5 Å². The van der Waals surface area contributed by atoms with Crippen LogP contribution >= 0.6 is 27.5 Å². The van der Waals surface area contributed by atoms with E-state index in [-0.39, 0.29) is 6.04 Å². The molecule has 4 heteroatoms. The normalized spacial score (nSPS) is 12.2. The highest BCUT2D eigenvalue weighted by Gasteiger charge is 2.08. The number of nitrogens with two attached hydrogens (primary N) is 1. The second-order valence-electron chi connectivity index (χ2n) is 4.49. The van der Waals surface area contributed by atoms with Crippen molar-refractivity contribution in [3.05, 3.63) is 57.5 Å². The van der Waals surface area contributed by atoms with Gasteiger partial charge in [-0.2, -0.15) is 0 Å². The van der Waals surface area contributed by atoms with Gasteiger partial charge < -0.3 is 10.5 Å². The highest BCUT2D eigenvalue weighted by Crippen LogP contribution is 2.30. The fraction of sp³-hybridized carbons (Fsp3) is 0.200. The van der Waals surface area contributed by atoms with Gasteiger partial charge in [-0.3, -0.25) is 0 Å². The summed E-state index contributed by atoms with van der Waals surface area (Å²) < 4.78 is 6.90. The fourth-order valence-corrected chi connectivity index (χ4v) is 2.40. The Bertz CT molecular complexity index is 572. The van der Waals surface area contributed by atoms with E-state index in [0.717, 1.165) is 28.0 Å². The molecule has 1 atom stereocenters. The van der Waals surface area contributed by atoms with E-state index in [1.165, 1.54) is 0 Å². The predicted molar refractivity (Wildman–Crippen MR) is 83.0 cm³/mol. The van der Waals surface area contributed by atoms with Crippen molar-refractivity contribution in [3.63, 3.8) is 0 Å². The van der Waals surface area contributed by atoms with Gasteiger partial charge in [-0.05, 0) is 55.3 Å². The molecule has 2 aromatic carbocycles. The van der Waals surface area contributed by atoms with Crippen LogP contribution in [0.1, 0.15) is 12.5 Å². The summed E-state index contributed by atoms with van der Waals surface area (Å²) in [5, 5.41) is 0.656. The molecule has 0 radical (unpaired) electrons. The Hall–Kier alpha value is -1.03. The maximum Gasteiger partial charge on any atom is 0.130 e. The molecule has 0 aliphatic rings. The molecule has 0 spiro atoms. The van der Waals surface area contributed by atoms with Crippen LogP contribution in [-0.4, -0.2) is 6.04 Å². The van der Waals surface area contributed by atoms with Gasteiger partial charge in [0.05, 0.1) is 0 Å². The molecule has 0 aliphatic carbocycles. The molecular formula is C15H15BrClNO. The van der Waals surface area contributed by atoms with Crippen molar-refractivity contribution in [3.8, 4) is 11.5 Å². The molecular weight excluding hydrogens is 326 g/mol. The van der Waals surface area contributed by atoms with Crippen LogP contribution in [0.2, 0.25) is 5.02 Å². The predicted octanol–water partition coefficient (Wildman–Crippen LogP) is 4.78. The molecule has 2 aromatic rings. The van der Waals surface area contributed by atoms with Gasteiger partial charge in [0, 0.05) is 15.5 Å². The molecule has 0 aliphatic heterocycles. The summed E-state index contributed by atoms with van der Waals surface area (Å²) in [5.74, 6) is 1.53. The lowest BCUT2D eigenvalue weighted by atomic mass is 10.1. The molecule has 1 unspecified atom stereocenters. The molecule has 2 N–H and O–H groups in total. The van der Waals surface area contributed by atoms with Crippen molar-refractivity contribution in [2.75, 3.05) is 0 Å². The Morgan fingerprint density at radius 3 is 2.74 bits per heavy atom. The third-order valence-electron chi connectivity index (χ3n) is 2.59. The minimum atomic E-state index is 0.0796. The Balaban J connectivity index is 2.28. The van der Waals surface area contributed by atoms with E-state index in [1.54, 1.807) is 6.07 Å². The fourth-order valence-electron chi connectivity index (χ4n) is 1.81. The molecule has 0 saturated carbocycles. The van der Waals surface area contributed by atoms with Gasteiger partial charge in [0.25, 0.3) is 0 Å². The number of hydrogen-bond donors (Lipinski definition) is 1. The average molecular weight is 341 g/mol. The zero-order valence-electron chi connectivity index (χ0n) is 10.6. The molecule has 0 bridgehead atoms. The lowest BCUT2D eigenvalue weighted by Gasteiger charge is -2.13. The van der Waals surface area contributed by atoms with Gasteiger partial charge in [-0.25, -0.2) is 0 Å². The monoisotopic (exact) mass is 339 g/mol. The molecule has 0 amide bonds. The first-order valence-electron chi connectivity index (χ1n) is 6.02. The van der Waals surface area contributed by atoms with Gasteiger partial charge in [0.1, 0.15) is 11.5 Å². The SMILES string of the molecule is CC(N)Cc1cc(Br)ccc1Oc1cccc(Cl)c1. The van der Waals surface area contributed by atoms with Crippen LogP contribution in [0.25, 0.3) is 0 Å². The highest BCUT2D eigenvalue weighted by molar-refractivity contribution is 9.10. The first-order chi connectivity index (χ1) is 9.04. The number of hydrogen-bond acceptors (Lipinski definition) is 2. The summed E-state index contributed by atoms with van der Waals surface area (Å²) in [7, 11) is 0. The summed E-state index contributed by atoms with van der Waals surface area (Å²) in [5.41, 5.74) is 6.94. The minimum absolute atomic E-state index is 0.0796. The molecule has 0 fully saturated rings. The molecule has 100 valence electrons. The quantitative estimate of drug-likeness (QED) is 0.869. The van der Waals surface area contributed by atoms with Gasteiger partial charge >= 0.3 is 0 Å². The van der Waals surface area contributed by atoms with Crippen LogP contribution in [0.15, 0.2) is 46.9 Å². The third-order valence-corrected chi connectivity index (χ3v) is 3.32. The highest BCUT2D eigenvalue weighted by atomic mass is 79.9. The van der Waals surface area contributed by atoms with E-state index in [9.17, 15) is 0 Å². The summed E-state index contributed by atoms with van der Waals surface area (Å²) in [6.45, 7) is 1.98. The second kappa shape index (κ2) is 6.42. The van der Waals surface area contributed by atoms with E-state index in [0.29, 0.717) is 5.02 Å². The molecule has 0 saturated heterocycles. The topological polar surface area (TPSA) is 35.2 Å². The standard InChI is InChI=1S/C15H15BrClNO/c1-10(18)7-11-8-12(16)5-6-15(11)19-14-4-2-3-13(17)9-14/h2-6,8-10H,7,18H2,1H3. The van der Waals surface area contributed by atoms with E-state index < -0.39 is 0 Å². The maximum atomic E-state index is 5.95. The maximum absolute atomic E-state index is 5.95. The zero-order chi connectivity index (χ0) is 13.8. The smallest absolute Gasteiger partial charge is 0.130 e. The molecule has 19 heavy (non-hydrogen) atoms. The Morgan fingerprint density at radius 2 is 2.05 bits per heavy atom. The van der Waals surface area contributed by atoms with Gasteiger partial charge in [0.2, 0.25) is 0 Å². The molecule has 2 nitrogen and oxygen atoms in total. The van der Waals surface area contributed by atoms with Crippen molar-refractivity contribution in [2.45, 2.75) is 19.4 Å². The summed E-state index contributed by atoms with van der Waals surface area (Å²) in [6, 6.07) is 13.3. The van der Waals surface area contributed by atoms with Gasteiger partial charge in [-0.1, -0.05) is 33.6 Å². The van der Waals surface area contributed by atoms with E-state index in [1.807, 2.05) is 43.3 Å². The van der Waals surface area contributed by atoms with Crippen molar-refractivity contribution in [1.29, 1.82) is 0 Å². The summed E-state index contributed by atoms with van der Waals surface area (Å²) in [4.78, 5) is 0. The number of rotatable bonds is 4. The molecule has 0 heterocycles. The number of benzene rings is 2. The first kappa shape index (κ1) is 14.4. The zero-order valence-corrected chi connectivity index (χ0v) is 12.9. The van der Waals surface area contributed by atoms with Gasteiger partial charge in [0.15, 0.2) is 0 Å². The van der Waals surface area contributed by atoms with Crippen LogP contribution in [0.3, 0.4) is 0 Å². The molecule has 0 aromatic heterocycles. The first-order valence-corrected chi connectivity index (χ1v) is 7.19. The Labute approximate surface area is 126 Å². The van der Waals surface area contributed by atoms with Crippen LogP contribution in [0.5, 0.6) is 11.5 Å². The van der Waals surface area contributed by atoms with Crippen molar-refractivity contribution in [1.82, 2.24) is 0 Å². The molecule has 2 rings (SSSR count). The average Bonchev–Trinajstić information content (AvgIpc) is 2.32. The van der Waals surface area contributed by atoms with Gasteiger partial charge in [-0.15, -0.1) is 0 Å². The van der Waals surface area contributed by atoms with Crippen molar-refractivity contribution < 1.29 is 4.74 Å². The largest absolute Gasteiger partial charge is 0.457 e. The number of ether oxygens (including phenoxy) is 1. The second-order valence-corrected chi connectivity index (χ2v) is 5.85. The van der Waals surface area contributed by atoms with Crippen LogP contribution in [0.4, 0.5) is 0 Å². The van der Waals surface area contributed by atoms with Crippen LogP contribution < -0.4 is 10.5 Å².